The average Bonchev–Trinajstić information content (AvgIpc) is 2.29. The molecule has 1 aromatic rings. The van der Waals surface area contributed by atoms with Gasteiger partial charge in [0.05, 0.1) is 0 Å². The normalized spacial score (nSPS) is 17.1. The van der Waals surface area contributed by atoms with Crippen LogP contribution >= 0.6 is 0 Å². The topological polar surface area (TPSA) is 76.0 Å². The second kappa shape index (κ2) is 4.33. The Bertz CT molecular complexity index is 467. The van der Waals surface area contributed by atoms with Gasteiger partial charge in [-0.1, -0.05) is 0 Å². The molecule has 1 aliphatic heterocycles. The van der Waals surface area contributed by atoms with E-state index in [0.717, 1.165) is 26.2 Å². The zero-order valence-electron chi connectivity index (χ0n) is 9.10. The van der Waals surface area contributed by atoms with Gasteiger partial charge in [-0.3, -0.25) is 4.98 Å². The van der Waals surface area contributed by atoms with Crippen molar-refractivity contribution >= 4 is 5.82 Å². The highest BCUT2D eigenvalue weighted by molar-refractivity contribution is 5.42. The molecule has 1 N–H and O–H groups in total. The van der Waals surface area contributed by atoms with E-state index in [-0.39, 0.29) is 5.69 Å². The summed E-state index contributed by atoms with van der Waals surface area (Å²) < 4.78 is 0. The molecule has 0 saturated carbocycles. The lowest BCUT2D eigenvalue weighted by molar-refractivity contribution is 0.312. The minimum atomic E-state index is -0.465. The molecule has 0 atom stereocenters. The van der Waals surface area contributed by atoms with Crippen molar-refractivity contribution in [2.75, 3.05) is 38.1 Å². The summed E-state index contributed by atoms with van der Waals surface area (Å²) in [4.78, 5) is 21.7. The average molecular weight is 219 g/mol. The molecule has 84 valence electrons. The molecule has 0 aliphatic carbocycles. The van der Waals surface area contributed by atoms with Gasteiger partial charge >= 0.3 is 5.69 Å². The largest absolute Gasteiger partial charge is 0.354 e. The summed E-state index contributed by atoms with van der Waals surface area (Å²) in [5.41, 5.74) is -0.207. The van der Waals surface area contributed by atoms with E-state index in [1.165, 1.54) is 0 Å². The first kappa shape index (κ1) is 10.6. The molecule has 2 heterocycles. The number of aromatic nitrogens is 2. The van der Waals surface area contributed by atoms with Gasteiger partial charge in [-0.15, -0.1) is 0 Å². The molecule has 1 aromatic heterocycles. The molecule has 0 spiro atoms. The number of rotatable bonds is 1. The highest BCUT2D eigenvalue weighted by Gasteiger charge is 2.16. The first-order valence-corrected chi connectivity index (χ1v) is 5.14. The zero-order chi connectivity index (χ0) is 11.5. The molecule has 0 bridgehead atoms. The molecule has 1 aliphatic rings. The smallest absolute Gasteiger partial charge is 0.347 e. The minimum absolute atomic E-state index is 0.258. The summed E-state index contributed by atoms with van der Waals surface area (Å²) in [6.07, 6.45) is 0. The van der Waals surface area contributed by atoms with Crippen LogP contribution in [0.25, 0.3) is 0 Å². The van der Waals surface area contributed by atoms with E-state index in [9.17, 15) is 4.79 Å². The van der Waals surface area contributed by atoms with Gasteiger partial charge in [0, 0.05) is 32.2 Å². The van der Waals surface area contributed by atoms with E-state index >= 15 is 0 Å². The van der Waals surface area contributed by atoms with Crippen molar-refractivity contribution in [2.45, 2.75) is 0 Å². The van der Waals surface area contributed by atoms with Crippen LogP contribution in [0.4, 0.5) is 5.82 Å². The van der Waals surface area contributed by atoms with Crippen LogP contribution in [-0.2, 0) is 0 Å². The number of H-pyrrole nitrogens is 1. The summed E-state index contributed by atoms with van der Waals surface area (Å²) in [5.74, 6) is 0.591. The van der Waals surface area contributed by atoms with Gasteiger partial charge in [-0.25, -0.2) is 4.79 Å². The number of nitriles is 1. The van der Waals surface area contributed by atoms with Crippen LogP contribution in [-0.4, -0.2) is 48.1 Å². The van der Waals surface area contributed by atoms with Gasteiger partial charge in [0.1, 0.15) is 17.6 Å². The Kier molecular flexibility index (Phi) is 2.88. The maximum atomic E-state index is 11.2. The van der Waals surface area contributed by atoms with Crippen LogP contribution in [0.15, 0.2) is 10.9 Å². The molecule has 0 aromatic carbocycles. The monoisotopic (exact) mass is 219 g/mol. The number of likely N-dealkylation sites (N-methyl/N-ethyl adjacent to an activating group) is 1. The van der Waals surface area contributed by atoms with E-state index in [2.05, 4.69) is 21.9 Å². The zero-order valence-corrected chi connectivity index (χ0v) is 9.10. The Balaban J connectivity index is 2.24. The fourth-order valence-electron chi connectivity index (χ4n) is 1.70. The maximum Gasteiger partial charge on any atom is 0.347 e. The predicted molar refractivity (Wildman–Crippen MR) is 59.3 cm³/mol. The standard InChI is InChI=1S/C10H13N5O/c1-14-2-4-15(5-3-14)9-6-8(7-11)12-10(16)13-9/h6H,2-5H2,1H3,(H,12,13,16). The lowest BCUT2D eigenvalue weighted by atomic mass is 10.3. The third-order valence-electron chi connectivity index (χ3n) is 2.68. The van der Waals surface area contributed by atoms with E-state index in [1.807, 2.05) is 11.0 Å². The molecule has 1 fully saturated rings. The highest BCUT2D eigenvalue weighted by atomic mass is 16.1. The second-order valence-electron chi connectivity index (χ2n) is 3.86. The fourth-order valence-corrected chi connectivity index (χ4v) is 1.70. The summed E-state index contributed by atoms with van der Waals surface area (Å²) in [6.45, 7) is 3.54. The summed E-state index contributed by atoms with van der Waals surface area (Å²) >= 11 is 0. The number of hydrogen-bond donors (Lipinski definition) is 1. The van der Waals surface area contributed by atoms with E-state index in [0.29, 0.717) is 5.82 Å². The number of nitrogens with one attached hydrogen (secondary N) is 1. The van der Waals surface area contributed by atoms with Gasteiger partial charge in [-0.2, -0.15) is 10.2 Å². The first-order valence-electron chi connectivity index (χ1n) is 5.14. The van der Waals surface area contributed by atoms with Crippen LogP contribution in [0, 0.1) is 11.3 Å². The SMILES string of the molecule is CN1CCN(c2cc(C#N)[nH]c(=O)n2)CC1. The van der Waals surface area contributed by atoms with Gasteiger partial charge in [0.15, 0.2) is 0 Å². The molecule has 6 nitrogen and oxygen atoms in total. The van der Waals surface area contributed by atoms with Crippen molar-refractivity contribution in [1.29, 1.82) is 5.26 Å². The summed E-state index contributed by atoms with van der Waals surface area (Å²) in [7, 11) is 2.06. The van der Waals surface area contributed by atoms with Gasteiger partial charge in [-0.05, 0) is 7.05 Å². The minimum Gasteiger partial charge on any atom is -0.354 e. The molecule has 0 amide bonds. The van der Waals surface area contributed by atoms with Crippen molar-refractivity contribution in [3.8, 4) is 6.07 Å². The Morgan fingerprint density at radius 1 is 1.44 bits per heavy atom. The third-order valence-corrected chi connectivity index (χ3v) is 2.68. The molecule has 16 heavy (non-hydrogen) atoms. The Morgan fingerprint density at radius 2 is 2.12 bits per heavy atom. The Hall–Kier alpha value is -1.87. The van der Waals surface area contributed by atoms with E-state index < -0.39 is 5.69 Å². The third kappa shape index (κ3) is 2.20. The first-order chi connectivity index (χ1) is 7.69. The van der Waals surface area contributed by atoms with Crippen LogP contribution < -0.4 is 10.6 Å². The Labute approximate surface area is 93.1 Å². The molecule has 0 radical (unpaired) electrons. The summed E-state index contributed by atoms with van der Waals surface area (Å²) in [6, 6.07) is 3.54. The molecular formula is C10H13N5O. The van der Waals surface area contributed by atoms with Crippen molar-refractivity contribution in [2.24, 2.45) is 0 Å². The number of anilines is 1. The van der Waals surface area contributed by atoms with Gasteiger partial charge < -0.3 is 9.80 Å². The number of piperazine rings is 1. The molecule has 1 saturated heterocycles. The van der Waals surface area contributed by atoms with E-state index in [1.54, 1.807) is 6.07 Å². The van der Waals surface area contributed by atoms with Gasteiger partial charge in [0.25, 0.3) is 0 Å². The molecule has 2 rings (SSSR count). The molecule has 6 heteroatoms. The number of nitrogens with zero attached hydrogens (tertiary/aromatic N) is 4. The van der Waals surface area contributed by atoms with Gasteiger partial charge in [0.2, 0.25) is 0 Å². The van der Waals surface area contributed by atoms with Crippen LogP contribution in [0.3, 0.4) is 0 Å². The van der Waals surface area contributed by atoms with Crippen molar-refractivity contribution in [3.05, 3.63) is 22.2 Å². The second-order valence-corrected chi connectivity index (χ2v) is 3.86. The lowest BCUT2D eigenvalue weighted by Gasteiger charge is -2.32. The summed E-state index contributed by atoms with van der Waals surface area (Å²) in [5, 5.41) is 8.75. The maximum absolute atomic E-state index is 11.2. The quantitative estimate of drug-likeness (QED) is 0.682. The van der Waals surface area contributed by atoms with Crippen LogP contribution in [0.5, 0.6) is 0 Å². The van der Waals surface area contributed by atoms with Crippen molar-refractivity contribution < 1.29 is 0 Å². The van der Waals surface area contributed by atoms with Crippen molar-refractivity contribution in [1.82, 2.24) is 14.9 Å². The predicted octanol–water partition coefficient (Wildman–Crippen LogP) is -0.607. The fraction of sp³-hybridized carbons (Fsp3) is 0.500. The van der Waals surface area contributed by atoms with Crippen LogP contribution in [0.2, 0.25) is 0 Å². The van der Waals surface area contributed by atoms with Crippen LogP contribution in [0.1, 0.15) is 5.69 Å². The van der Waals surface area contributed by atoms with E-state index in [4.69, 9.17) is 5.26 Å². The molecule has 0 unspecified atom stereocenters. The Morgan fingerprint density at radius 3 is 2.75 bits per heavy atom. The lowest BCUT2D eigenvalue weighted by Crippen LogP contribution is -2.45. The number of aromatic amines is 1. The van der Waals surface area contributed by atoms with Crippen molar-refractivity contribution in [3.63, 3.8) is 0 Å². The molecular weight excluding hydrogens is 206 g/mol. The highest BCUT2D eigenvalue weighted by Crippen LogP contribution is 2.11. The number of hydrogen-bond acceptors (Lipinski definition) is 5.